The van der Waals surface area contributed by atoms with Gasteiger partial charge in [0.2, 0.25) is 5.78 Å². The number of hydrogen-bond donors (Lipinski definition) is 1. The summed E-state index contributed by atoms with van der Waals surface area (Å²) < 4.78 is 12.2. The van der Waals surface area contributed by atoms with Crippen LogP contribution in [0.4, 0.5) is 0 Å². The van der Waals surface area contributed by atoms with Gasteiger partial charge in [-0.2, -0.15) is 0 Å². The van der Waals surface area contributed by atoms with Crippen molar-refractivity contribution in [3.63, 3.8) is 0 Å². The van der Waals surface area contributed by atoms with E-state index in [4.69, 9.17) is 9.15 Å². The SMILES string of the molecule is CC(C)(C)SC1=CC(c2cc(C=C3C(=O)C(C=C4C=C(C(C)(C)C)SC(C(C)(C)C)=C4)=C3O)cc[o+]2)C=C(SC(C)(C)C)O1. The predicted molar refractivity (Wildman–Crippen MR) is 191 cm³/mol. The predicted octanol–water partition coefficient (Wildman–Crippen LogP) is 11.7. The fraction of sp³-hybridized carbons (Fsp3) is 0.459. The summed E-state index contributed by atoms with van der Waals surface area (Å²) in [5.41, 5.74) is 2.32. The molecule has 4 rings (SSSR count). The van der Waals surface area contributed by atoms with Crippen LogP contribution in [0.2, 0.25) is 0 Å². The molecule has 7 heteroatoms. The van der Waals surface area contributed by atoms with Crippen LogP contribution in [0.1, 0.15) is 100 Å². The van der Waals surface area contributed by atoms with Gasteiger partial charge in [-0.1, -0.05) is 118 Å². The standard InChI is InChI=1S/C37H46O4S3/c1-34(2,3)28-18-23(19-29(42-28)35(4,5)6)16-26-32(38)25(33(26)39)15-22-13-14-40-27(17-22)24-20-30(43-36(7,8)9)41-31(21-24)44-37(10,11)12/h13-21,24H,1-12H3/p+1. The maximum atomic E-state index is 13.3. The molecule has 0 fully saturated rings. The minimum atomic E-state index is -0.162. The van der Waals surface area contributed by atoms with E-state index in [0.717, 1.165) is 27.1 Å². The summed E-state index contributed by atoms with van der Waals surface area (Å²) >= 11 is 5.17. The highest BCUT2D eigenvalue weighted by Crippen LogP contribution is 2.49. The quantitative estimate of drug-likeness (QED) is 0.251. The number of carbonyl (C=O) groups excluding carboxylic acids is 1. The highest BCUT2D eigenvalue weighted by atomic mass is 32.2. The number of Topliss-reactive ketones (excluding diaryl/α,β-unsaturated/α-hetero) is 1. The second-order valence-electron chi connectivity index (χ2n) is 15.4. The lowest BCUT2D eigenvalue weighted by molar-refractivity contribution is -0.113. The fourth-order valence-electron chi connectivity index (χ4n) is 4.48. The van der Waals surface area contributed by atoms with E-state index in [1.807, 2.05) is 18.2 Å². The molecule has 0 saturated carbocycles. The van der Waals surface area contributed by atoms with Gasteiger partial charge >= 0.3 is 12.0 Å². The van der Waals surface area contributed by atoms with Gasteiger partial charge in [-0.3, -0.25) is 4.79 Å². The number of aliphatic hydroxyl groups excluding tert-OH is 1. The smallest absolute Gasteiger partial charge is 0.340 e. The van der Waals surface area contributed by atoms with E-state index in [9.17, 15) is 9.90 Å². The molecular weight excluding hydrogens is 605 g/mol. The lowest BCUT2D eigenvalue weighted by atomic mass is 9.84. The van der Waals surface area contributed by atoms with Crippen LogP contribution >= 0.6 is 35.3 Å². The Labute approximate surface area is 277 Å². The summed E-state index contributed by atoms with van der Waals surface area (Å²) in [5.74, 6) is 0.470. The van der Waals surface area contributed by atoms with Gasteiger partial charge in [-0.15, -0.1) is 0 Å². The Balaban J connectivity index is 1.66. The maximum Gasteiger partial charge on any atom is 0.340 e. The maximum absolute atomic E-state index is 13.3. The minimum absolute atomic E-state index is 0.0131. The molecule has 0 bridgehead atoms. The first kappa shape index (κ1) is 34.5. The molecule has 236 valence electrons. The zero-order valence-corrected chi connectivity index (χ0v) is 30.6. The first-order chi connectivity index (χ1) is 20.1. The molecule has 1 aromatic heterocycles. The zero-order valence-electron chi connectivity index (χ0n) is 28.2. The molecule has 2 aliphatic heterocycles. The van der Waals surface area contributed by atoms with Crippen LogP contribution in [0.5, 0.6) is 0 Å². The van der Waals surface area contributed by atoms with E-state index >= 15 is 0 Å². The molecule has 0 aromatic carbocycles. The Morgan fingerprint density at radius 2 is 1.36 bits per heavy atom. The van der Waals surface area contributed by atoms with Crippen molar-refractivity contribution in [1.82, 2.24) is 0 Å². The van der Waals surface area contributed by atoms with Gasteiger partial charge in [-0.25, -0.2) is 4.42 Å². The summed E-state index contributed by atoms with van der Waals surface area (Å²) in [6.45, 7) is 26.2. The Hall–Kier alpha value is -2.35. The Morgan fingerprint density at radius 3 is 1.82 bits per heavy atom. The highest BCUT2D eigenvalue weighted by molar-refractivity contribution is 8.07. The van der Waals surface area contributed by atoms with E-state index in [-0.39, 0.29) is 37.8 Å². The van der Waals surface area contributed by atoms with E-state index in [1.54, 1.807) is 47.6 Å². The fourth-order valence-corrected chi connectivity index (χ4v) is 7.67. The molecule has 44 heavy (non-hydrogen) atoms. The zero-order chi connectivity index (χ0) is 32.8. The highest BCUT2D eigenvalue weighted by Gasteiger charge is 2.35. The topological polar surface area (TPSA) is 57.8 Å². The molecule has 1 aromatic rings. The van der Waals surface area contributed by atoms with Crippen molar-refractivity contribution in [1.29, 1.82) is 0 Å². The molecule has 4 nitrogen and oxygen atoms in total. The third-order valence-electron chi connectivity index (χ3n) is 6.66. The molecule has 0 saturated heterocycles. The van der Waals surface area contributed by atoms with Crippen molar-refractivity contribution >= 4 is 47.1 Å². The van der Waals surface area contributed by atoms with E-state index in [0.29, 0.717) is 11.1 Å². The number of hydrogen-bond acceptors (Lipinski definition) is 6. The van der Waals surface area contributed by atoms with Crippen molar-refractivity contribution in [3.8, 4) is 0 Å². The average molecular weight is 652 g/mol. The molecule has 0 atom stereocenters. The van der Waals surface area contributed by atoms with Crippen LogP contribution < -0.4 is 0 Å². The molecule has 0 radical (unpaired) electrons. The van der Waals surface area contributed by atoms with Crippen LogP contribution in [-0.4, -0.2) is 20.4 Å². The van der Waals surface area contributed by atoms with Gasteiger partial charge in [0, 0.05) is 21.6 Å². The second-order valence-corrected chi connectivity index (χ2v) is 20.2. The van der Waals surface area contributed by atoms with E-state index in [2.05, 4.69) is 107 Å². The number of aliphatic hydroxyl groups is 1. The van der Waals surface area contributed by atoms with Crippen LogP contribution in [0, 0.1) is 10.8 Å². The number of ketones is 1. The van der Waals surface area contributed by atoms with Crippen molar-refractivity contribution in [2.24, 2.45) is 10.8 Å². The number of allylic oxidation sites excluding steroid dienone is 10. The first-order valence-corrected chi connectivity index (χ1v) is 17.5. The van der Waals surface area contributed by atoms with E-state index in [1.165, 1.54) is 9.81 Å². The Bertz CT molecular complexity index is 1490. The normalized spacial score (nSPS) is 19.7. The number of ether oxygens (including phenoxy) is 1. The minimum Gasteiger partial charge on any atom is -0.506 e. The Kier molecular flexibility index (Phi) is 9.77. The lowest BCUT2D eigenvalue weighted by Gasteiger charge is -2.32. The van der Waals surface area contributed by atoms with Gasteiger partial charge in [0.1, 0.15) is 11.7 Å². The molecule has 0 amide bonds. The number of carbonyl (C=O) groups is 1. The lowest BCUT2D eigenvalue weighted by Crippen LogP contribution is -2.21. The molecular formula is C37H47O4S3+. The summed E-state index contributed by atoms with van der Waals surface area (Å²) in [6, 6.07) is 3.74. The molecule has 1 aliphatic carbocycles. The van der Waals surface area contributed by atoms with Gasteiger partial charge in [0.05, 0.1) is 11.1 Å². The van der Waals surface area contributed by atoms with Crippen LogP contribution in [0.3, 0.4) is 0 Å². The summed E-state index contributed by atoms with van der Waals surface area (Å²) in [7, 11) is 0. The molecule has 1 N–H and O–H groups in total. The summed E-state index contributed by atoms with van der Waals surface area (Å²) in [6.07, 6.45) is 13.6. The van der Waals surface area contributed by atoms with Crippen molar-refractivity contribution < 1.29 is 19.1 Å². The average Bonchev–Trinajstić information content (AvgIpc) is 2.87. The number of rotatable bonds is 5. The van der Waals surface area contributed by atoms with Gasteiger partial charge < -0.3 is 9.84 Å². The summed E-state index contributed by atoms with van der Waals surface area (Å²) in [4.78, 5) is 15.8. The van der Waals surface area contributed by atoms with E-state index < -0.39 is 0 Å². The molecule has 3 aliphatic rings. The van der Waals surface area contributed by atoms with Gasteiger partial charge in [0.25, 0.3) is 0 Å². The van der Waals surface area contributed by atoms with Crippen molar-refractivity contribution in [3.05, 3.63) is 103 Å². The molecule has 3 heterocycles. The number of thioether (sulfide) groups is 3. The summed E-state index contributed by atoms with van der Waals surface area (Å²) in [5, 5.41) is 12.7. The van der Waals surface area contributed by atoms with Crippen molar-refractivity contribution in [2.75, 3.05) is 0 Å². The first-order valence-electron chi connectivity index (χ1n) is 15.0. The van der Waals surface area contributed by atoms with Crippen LogP contribution in [0.25, 0.3) is 6.08 Å². The van der Waals surface area contributed by atoms with Gasteiger partial charge in [0.15, 0.2) is 10.2 Å². The largest absolute Gasteiger partial charge is 0.506 e. The molecule has 0 unspecified atom stereocenters. The Morgan fingerprint density at radius 1 is 0.841 bits per heavy atom. The third kappa shape index (κ3) is 8.88. The van der Waals surface area contributed by atoms with Crippen molar-refractivity contribution in [2.45, 2.75) is 98.5 Å². The van der Waals surface area contributed by atoms with Gasteiger partial charge in [-0.05, 0) is 68.2 Å². The van der Waals surface area contributed by atoms with Crippen LogP contribution in [0.15, 0.2) is 95.7 Å². The van der Waals surface area contributed by atoms with Crippen LogP contribution in [-0.2, 0) is 9.53 Å². The third-order valence-corrected chi connectivity index (χ3v) is 10.6. The monoisotopic (exact) mass is 651 g/mol. The second kappa shape index (κ2) is 12.4. The molecule has 0 spiro atoms.